The number of hydrogen-bond donors (Lipinski definition) is 0. The second-order valence-corrected chi connectivity index (χ2v) is 7.74. The van der Waals surface area contributed by atoms with Gasteiger partial charge in [0.15, 0.2) is 0 Å². The molecule has 0 spiro atoms. The lowest BCUT2D eigenvalue weighted by molar-refractivity contribution is -0.108. The fourth-order valence-corrected chi connectivity index (χ4v) is 4.61. The van der Waals surface area contributed by atoms with Crippen LogP contribution >= 0.6 is 0 Å². The summed E-state index contributed by atoms with van der Waals surface area (Å²) in [6.07, 6.45) is 2.85. The first kappa shape index (κ1) is 18.3. The van der Waals surface area contributed by atoms with E-state index in [4.69, 9.17) is 9.15 Å². The summed E-state index contributed by atoms with van der Waals surface area (Å²) in [5.74, 6) is -0.116. The van der Waals surface area contributed by atoms with Gasteiger partial charge in [0.05, 0.1) is 17.0 Å². The zero-order valence-corrected chi connectivity index (χ0v) is 16.2. The fourth-order valence-electron chi connectivity index (χ4n) is 4.61. The average molecular weight is 398 g/mol. The van der Waals surface area contributed by atoms with Gasteiger partial charge >= 0.3 is 0 Å². The van der Waals surface area contributed by atoms with Gasteiger partial charge in [-0.05, 0) is 55.4 Å². The Morgan fingerprint density at radius 1 is 1.21 bits per heavy atom. The van der Waals surface area contributed by atoms with Crippen molar-refractivity contribution in [2.75, 3.05) is 0 Å². The van der Waals surface area contributed by atoms with Crippen LogP contribution in [0.25, 0.3) is 11.3 Å². The highest BCUT2D eigenvalue weighted by molar-refractivity contribution is 5.62. The summed E-state index contributed by atoms with van der Waals surface area (Å²) >= 11 is 0. The van der Waals surface area contributed by atoms with Crippen molar-refractivity contribution in [2.24, 2.45) is 0 Å². The number of benzene rings is 1. The van der Waals surface area contributed by atoms with Crippen LogP contribution in [0.1, 0.15) is 67.7 Å². The van der Waals surface area contributed by atoms with E-state index in [1.165, 1.54) is 18.2 Å². The molecule has 0 saturated heterocycles. The average Bonchev–Trinajstić information content (AvgIpc) is 3.40. The molecule has 2 aliphatic rings. The molecule has 1 fully saturated rings. The molecule has 5 rings (SSSR count). The van der Waals surface area contributed by atoms with E-state index in [-0.39, 0.29) is 23.3 Å². The highest BCUT2D eigenvalue weighted by Gasteiger charge is 2.53. The molecular weight excluding hydrogens is 378 g/mol. The summed E-state index contributed by atoms with van der Waals surface area (Å²) in [7, 11) is 0. The van der Waals surface area contributed by atoms with Crippen LogP contribution in [0.2, 0.25) is 0 Å². The van der Waals surface area contributed by atoms with Crippen LogP contribution < -0.4 is 0 Å². The minimum Gasteiger partial charge on any atom is -0.423 e. The topological polar surface area (TPSA) is 73.9 Å². The Hall–Kier alpha value is -2.74. The van der Waals surface area contributed by atoms with Crippen molar-refractivity contribution in [1.29, 1.82) is 0 Å². The van der Waals surface area contributed by atoms with E-state index >= 15 is 0 Å². The first-order chi connectivity index (χ1) is 14.0. The predicted octanol–water partition coefficient (Wildman–Crippen LogP) is 4.76. The first-order valence-corrected chi connectivity index (χ1v) is 9.81. The van der Waals surface area contributed by atoms with Crippen LogP contribution in [0.5, 0.6) is 0 Å². The molecule has 0 aliphatic heterocycles. The summed E-state index contributed by atoms with van der Waals surface area (Å²) < 4.78 is 40.5. The molecule has 150 valence electrons. The summed E-state index contributed by atoms with van der Waals surface area (Å²) in [6, 6.07) is 5.55. The first-order valence-electron chi connectivity index (χ1n) is 9.81. The third-order valence-electron chi connectivity index (χ3n) is 5.94. The van der Waals surface area contributed by atoms with Crippen LogP contribution in [-0.2, 0) is 10.3 Å². The Kier molecular flexibility index (Phi) is 4.20. The molecule has 0 N–H and O–H groups in total. The largest absolute Gasteiger partial charge is 0.423 e. The number of rotatable bonds is 5. The van der Waals surface area contributed by atoms with Gasteiger partial charge in [-0.2, -0.15) is 5.10 Å². The fraction of sp³-hybridized carbons (Fsp3) is 0.429. The lowest BCUT2D eigenvalue weighted by Gasteiger charge is -2.30. The molecule has 29 heavy (non-hydrogen) atoms. The smallest absolute Gasteiger partial charge is 0.245 e. The van der Waals surface area contributed by atoms with Crippen molar-refractivity contribution in [3.05, 3.63) is 58.9 Å². The Balaban J connectivity index is 1.52. The van der Waals surface area contributed by atoms with Crippen molar-refractivity contribution in [3.63, 3.8) is 0 Å². The molecule has 2 aromatic heterocycles. The molecule has 0 radical (unpaired) electrons. The highest BCUT2D eigenvalue weighted by atomic mass is 19.1. The van der Waals surface area contributed by atoms with E-state index in [9.17, 15) is 8.78 Å². The summed E-state index contributed by atoms with van der Waals surface area (Å²) in [5.41, 5.74) is 1.20. The number of aryl methyl sites for hydroxylation is 1. The molecule has 1 saturated carbocycles. The van der Waals surface area contributed by atoms with Crippen LogP contribution in [-0.4, -0.2) is 20.4 Å². The molecule has 2 aliphatic carbocycles. The van der Waals surface area contributed by atoms with E-state index in [1.54, 1.807) is 13.0 Å². The lowest BCUT2D eigenvalue weighted by Crippen LogP contribution is -2.29. The predicted molar refractivity (Wildman–Crippen MR) is 98.8 cm³/mol. The summed E-state index contributed by atoms with van der Waals surface area (Å²) in [5, 5.41) is 16.5. The zero-order valence-electron chi connectivity index (χ0n) is 16.2. The number of nitrogens with zero attached hydrogens (tertiary/aromatic N) is 4. The maximum Gasteiger partial charge on any atom is 0.245 e. The Labute approximate surface area is 166 Å². The van der Waals surface area contributed by atoms with E-state index in [2.05, 4.69) is 20.4 Å². The molecule has 1 aromatic carbocycles. The minimum atomic E-state index is -0.647. The Morgan fingerprint density at radius 3 is 2.69 bits per heavy atom. The van der Waals surface area contributed by atoms with E-state index in [1.807, 2.05) is 6.92 Å². The van der Waals surface area contributed by atoms with Gasteiger partial charge in [0.25, 0.3) is 0 Å². The number of hydrogen-bond acceptors (Lipinski definition) is 6. The van der Waals surface area contributed by atoms with Gasteiger partial charge in [-0.3, -0.25) is 0 Å². The normalized spacial score (nSPS) is 23.4. The van der Waals surface area contributed by atoms with Gasteiger partial charge in [0, 0.05) is 6.92 Å². The van der Waals surface area contributed by atoms with Gasteiger partial charge in [0.1, 0.15) is 23.3 Å². The second kappa shape index (κ2) is 6.66. The number of ether oxygens (including phenoxy) is 1. The molecule has 0 amide bonds. The maximum atomic E-state index is 14.2. The van der Waals surface area contributed by atoms with Gasteiger partial charge < -0.3 is 9.15 Å². The van der Waals surface area contributed by atoms with Crippen molar-refractivity contribution in [3.8, 4) is 11.3 Å². The molecule has 2 heterocycles. The van der Waals surface area contributed by atoms with E-state index in [0.29, 0.717) is 18.2 Å². The SMILES string of the molecule is CC[C@@H](O[C@]12CC[C@H](C1)c1cc(-c3c(F)cccc3F)nnc12)c1nnc(C)o1. The second-order valence-electron chi connectivity index (χ2n) is 7.74. The quantitative estimate of drug-likeness (QED) is 0.617. The monoisotopic (exact) mass is 398 g/mol. The van der Waals surface area contributed by atoms with Gasteiger partial charge in [-0.15, -0.1) is 15.3 Å². The lowest BCUT2D eigenvalue weighted by atomic mass is 9.92. The molecule has 8 heteroatoms. The molecule has 6 nitrogen and oxygen atoms in total. The Bertz CT molecular complexity index is 1070. The molecule has 3 aromatic rings. The van der Waals surface area contributed by atoms with Gasteiger partial charge in [0.2, 0.25) is 11.8 Å². The molecule has 2 bridgehead atoms. The molecule has 0 unspecified atom stereocenters. The van der Waals surface area contributed by atoms with Crippen molar-refractivity contribution >= 4 is 0 Å². The van der Waals surface area contributed by atoms with Crippen molar-refractivity contribution in [2.45, 2.75) is 57.2 Å². The number of aromatic nitrogens is 4. The van der Waals surface area contributed by atoms with Gasteiger partial charge in [-0.1, -0.05) is 13.0 Å². The third-order valence-corrected chi connectivity index (χ3v) is 5.94. The van der Waals surface area contributed by atoms with E-state index < -0.39 is 17.2 Å². The number of halogens is 2. The van der Waals surface area contributed by atoms with Crippen LogP contribution in [0.4, 0.5) is 8.78 Å². The van der Waals surface area contributed by atoms with Crippen LogP contribution in [0.3, 0.4) is 0 Å². The van der Waals surface area contributed by atoms with Crippen molar-refractivity contribution in [1.82, 2.24) is 20.4 Å². The van der Waals surface area contributed by atoms with E-state index in [0.717, 1.165) is 30.5 Å². The summed E-state index contributed by atoms with van der Waals surface area (Å²) in [4.78, 5) is 0. The van der Waals surface area contributed by atoms with Crippen LogP contribution in [0.15, 0.2) is 28.7 Å². The Morgan fingerprint density at radius 2 is 2.00 bits per heavy atom. The van der Waals surface area contributed by atoms with Gasteiger partial charge in [-0.25, -0.2) is 8.78 Å². The summed E-state index contributed by atoms with van der Waals surface area (Å²) in [6.45, 7) is 3.74. The third kappa shape index (κ3) is 2.85. The highest BCUT2D eigenvalue weighted by Crippen LogP contribution is 2.58. The zero-order chi connectivity index (χ0) is 20.2. The maximum absolute atomic E-state index is 14.2. The standard InChI is InChI=1S/C21H20F2N4O2/c1-3-17(20-27-24-11(2)28-20)29-21-8-7-12(10-21)13-9-16(25-26-19(13)21)18-14(22)5-4-6-15(18)23/h4-6,9,12,17H,3,7-8,10H2,1-2H3/t12-,17-,21-/m1/s1. The molecule has 3 atom stereocenters. The minimum absolute atomic E-state index is 0.145. The van der Waals surface area contributed by atoms with Crippen LogP contribution in [0, 0.1) is 18.6 Å². The molecular formula is C21H20F2N4O2. The number of fused-ring (bicyclic) bond motifs is 5. The van der Waals surface area contributed by atoms with Crippen molar-refractivity contribution < 1.29 is 17.9 Å².